The first kappa shape index (κ1) is 31.1. The van der Waals surface area contributed by atoms with Crippen molar-refractivity contribution in [2.45, 2.75) is 32.4 Å². The molecule has 0 aliphatic rings. The van der Waals surface area contributed by atoms with E-state index in [1.54, 1.807) is 36.4 Å². The zero-order valence-electron chi connectivity index (χ0n) is 25.4. The standard InChI is InChI=1S/C39H38N2O4/c1-2-29-14-11-17-33(26-29)41(28-31-12-5-3-6-13-31)24-25-45-34-22-20-30(21-23-34)27-37(39(43)44)40-36-19-10-9-18-35(36)38(42)32-15-7-4-8-16-32/h3-23,26,37,40H,2,24-25,27-28H2,1H3,(H,43,44). The number of ether oxygens (including phenoxy) is 1. The zero-order chi connectivity index (χ0) is 31.4. The molecular formula is C39H38N2O4. The average molecular weight is 599 g/mol. The largest absolute Gasteiger partial charge is 0.492 e. The van der Waals surface area contributed by atoms with Crippen LogP contribution >= 0.6 is 0 Å². The number of nitrogens with zero attached hydrogens (tertiary/aromatic N) is 1. The molecule has 0 aromatic heterocycles. The molecular weight excluding hydrogens is 560 g/mol. The second-order valence-corrected chi connectivity index (χ2v) is 10.9. The molecule has 1 unspecified atom stereocenters. The van der Waals surface area contributed by atoms with Crippen molar-refractivity contribution in [1.82, 2.24) is 0 Å². The number of rotatable bonds is 15. The van der Waals surface area contributed by atoms with Gasteiger partial charge in [-0.2, -0.15) is 0 Å². The van der Waals surface area contributed by atoms with Gasteiger partial charge in [-0.25, -0.2) is 4.79 Å². The number of para-hydroxylation sites is 1. The molecule has 0 fully saturated rings. The van der Waals surface area contributed by atoms with Gasteiger partial charge in [0.2, 0.25) is 0 Å². The Labute approximate surface area is 264 Å². The average Bonchev–Trinajstić information content (AvgIpc) is 3.09. The summed E-state index contributed by atoms with van der Waals surface area (Å²) in [7, 11) is 0. The van der Waals surface area contributed by atoms with E-state index < -0.39 is 12.0 Å². The van der Waals surface area contributed by atoms with Crippen molar-refractivity contribution in [3.8, 4) is 5.75 Å². The van der Waals surface area contributed by atoms with Crippen LogP contribution in [0.25, 0.3) is 0 Å². The fourth-order valence-corrected chi connectivity index (χ4v) is 5.25. The molecule has 5 rings (SSSR count). The Morgan fingerprint density at radius 1 is 0.756 bits per heavy atom. The van der Waals surface area contributed by atoms with Crippen molar-refractivity contribution in [2.75, 3.05) is 23.4 Å². The lowest BCUT2D eigenvalue weighted by Gasteiger charge is -2.25. The molecule has 0 saturated carbocycles. The minimum Gasteiger partial charge on any atom is -0.492 e. The van der Waals surface area contributed by atoms with Crippen molar-refractivity contribution >= 4 is 23.1 Å². The lowest BCUT2D eigenvalue weighted by atomic mass is 10.00. The molecule has 5 aromatic carbocycles. The first-order valence-electron chi connectivity index (χ1n) is 15.3. The molecule has 228 valence electrons. The van der Waals surface area contributed by atoms with Gasteiger partial charge in [0.05, 0.1) is 6.54 Å². The number of carbonyl (C=O) groups excluding carboxylic acids is 1. The minimum atomic E-state index is -0.997. The van der Waals surface area contributed by atoms with Crippen LogP contribution in [0.5, 0.6) is 5.75 Å². The van der Waals surface area contributed by atoms with E-state index in [9.17, 15) is 14.7 Å². The van der Waals surface area contributed by atoms with Crippen LogP contribution in [0.2, 0.25) is 0 Å². The molecule has 2 N–H and O–H groups in total. The Bertz CT molecular complexity index is 1690. The van der Waals surface area contributed by atoms with Crippen molar-refractivity contribution in [1.29, 1.82) is 0 Å². The van der Waals surface area contributed by atoms with Gasteiger partial charge >= 0.3 is 5.97 Å². The SMILES string of the molecule is CCc1cccc(N(CCOc2ccc(CC(Nc3ccccc3C(=O)c3ccccc3)C(=O)O)cc2)Cc2ccccc2)c1. The van der Waals surface area contributed by atoms with Gasteiger partial charge in [-0.05, 0) is 59.5 Å². The maximum Gasteiger partial charge on any atom is 0.326 e. The van der Waals surface area contributed by atoms with E-state index in [0.29, 0.717) is 30.0 Å². The summed E-state index contributed by atoms with van der Waals surface area (Å²) in [6.45, 7) is 4.14. The highest BCUT2D eigenvalue weighted by Crippen LogP contribution is 2.23. The van der Waals surface area contributed by atoms with E-state index >= 15 is 0 Å². The second-order valence-electron chi connectivity index (χ2n) is 10.9. The third-order valence-corrected chi connectivity index (χ3v) is 7.73. The van der Waals surface area contributed by atoms with Gasteiger partial charge in [0, 0.05) is 35.5 Å². The van der Waals surface area contributed by atoms with Gasteiger partial charge in [-0.1, -0.05) is 104 Å². The minimum absolute atomic E-state index is 0.162. The second kappa shape index (κ2) is 15.4. The van der Waals surface area contributed by atoms with E-state index in [1.165, 1.54) is 11.1 Å². The van der Waals surface area contributed by atoms with E-state index in [-0.39, 0.29) is 12.2 Å². The van der Waals surface area contributed by atoms with Crippen molar-refractivity contribution in [3.05, 3.63) is 161 Å². The number of ketones is 1. The highest BCUT2D eigenvalue weighted by atomic mass is 16.5. The predicted octanol–water partition coefficient (Wildman–Crippen LogP) is 7.67. The van der Waals surface area contributed by atoms with Crippen LogP contribution in [0.1, 0.15) is 39.5 Å². The van der Waals surface area contributed by atoms with Gasteiger partial charge in [-0.15, -0.1) is 0 Å². The third kappa shape index (κ3) is 8.61. The maximum atomic E-state index is 13.1. The Morgan fingerprint density at radius 3 is 2.13 bits per heavy atom. The smallest absolute Gasteiger partial charge is 0.326 e. The normalized spacial score (nSPS) is 11.4. The van der Waals surface area contributed by atoms with Crippen LogP contribution in [0.3, 0.4) is 0 Å². The van der Waals surface area contributed by atoms with Crippen molar-refractivity contribution in [2.24, 2.45) is 0 Å². The van der Waals surface area contributed by atoms with Gasteiger partial charge in [0.25, 0.3) is 0 Å². The van der Waals surface area contributed by atoms with Crippen LogP contribution in [-0.2, 0) is 24.2 Å². The summed E-state index contributed by atoms with van der Waals surface area (Å²) in [6, 6.07) is 41.6. The number of benzene rings is 5. The first-order chi connectivity index (χ1) is 22.0. The maximum absolute atomic E-state index is 13.1. The quantitative estimate of drug-likeness (QED) is 0.120. The molecule has 5 aromatic rings. The van der Waals surface area contributed by atoms with Crippen molar-refractivity contribution in [3.63, 3.8) is 0 Å². The Morgan fingerprint density at radius 2 is 1.42 bits per heavy atom. The topological polar surface area (TPSA) is 78.9 Å². The third-order valence-electron chi connectivity index (χ3n) is 7.73. The molecule has 45 heavy (non-hydrogen) atoms. The summed E-state index contributed by atoms with van der Waals surface area (Å²) in [5.74, 6) is -0.438. The van der Waals surface area contributed by atoms with Crippen molar-refractivity contribution < 1.29 is 19.4 Å². The number of aryl methyl sites for hydroxylation is 1. The van der Waals surface area contributed by atoms with Crippen LogP contribution in [0.15, 0.2) is 133 Å². The molecule has 0 spiro atoms. The van der Waals surface area contributed by atoms with Crippen LogP contribution < -0.4 is 15.0 Å². The van der Waals surface area contributed by atoms with Gasteiger partial charge in [-0.3, -0.25) is 4.79 Å². The predicted molar refractivity (Wildman–Crippen MR) is 180 cm³/mol. The summed E-state index contributed by atoms with van der Waals surface area (Å²) in [6.07, 6.45) is 1.22. The highest BCUT2D eigenvalue weighted by molar-refractivity contribution is 6.12. The van der Waals surface area contributed by atoms with Crippen LogP contribution in [0.4, 0.5) is 11.4 Å². The van der Waals surface area contributed by atoms with E-state index in [2.05, 4.69) is 65.7 Å². The molecule has 0 heterocycles. The molecule has 0 aliphatic carbocycles. The molecule has 0 bridgehead atoms. The van der Waals surface area contributed by atoms with Gasteiger partial charge in [0.1, 0.15) is 18.4 Å². The summed E-state index contributed by atoms with van der Waals surface area (Å²) < 4.78 is 6.13. The fourth-order valence-electron chi connectivity index (χ4n) is 5.25. The lowest BCUT2D eigenvalue weighted by molar-refractivity contribution is -0.137. The number of hydrogen-bond donors (Lipinski definition) is 2. The molecule has 6 heteroatoms. The lowest BCUT2D eigenvalue weighted by Crippen LogP contribution is -2.32. The molecule has 0 radical (unpaired) electrons. The molecule has 0 aliphatic heterocycles. The summed E-state index contributed by atoms with van der Waals surface area (Å²) in [5.41, 5.74) is 6.00. The molecule has 0 saturated heterocycles. The number of aliphatic carboxylic acids is 1. The Hall–Kier alpha value is -5.36. The molecule has 6 nitrogen and oxygen atoms in total. The zero-order valence-corrected chi connectivity index (χ0v) is 25.4. The molecule has 0 amide bonds. The van der Waals surface area contributed by atoms with E-state index in [1.807, 2.05) is 48.5 Å². The number of carboxylic acid groups (broad SMARTS) is 1. The molecule has 1 atom stereocenters. The number of nitrogens with one attached hydrogen (secondary N) is 1. The summed E-state index contributed by atoms with van der Waals surface area (Å²) in [5, 5.41) is 13.1. The summed E-state index contributed by atoms with van der Waals surface area (Å²) in [4.78, 5) is 27.7. The van der Waals surface area contributed by atoms with E-state index in [0.717, 1.165) is 30.0 Å². The number of carbonyl (C=O) groups is 2. The van der Waals surface area contributed by atoms with Crippen LogP contribution in [-0.4, -0.2) is 36.1 Å². The van der Waals surface area contributed by atoms with E-state index in [4.69, 9.17) is 4.74 Å². The number of carboxylic acids is 1. The van der Waals surface area contributed by atoms with Gasteiger partial charge < -0.3 is 20.1 Å². The fraction of sp³-hybridized carbons (Fsp3) is 0.179. The Balaban J connectivity index is 1.21. The number of anilines is 2. The highest BCUT2D eigenvalue weighted by Gasteiger charge is 2.21. The number of hydrogen-bond acceptors (Lipinski definition) is 5. The first-order valence-corrected chi connectivity index (χ1v) is 15.3. The van der Waals surface area contributed by atoms with Crippen LogP contribution in [0, 0.1) is 0 Å². The summed E-state index contributed by atoms with van der Waals surface area (Å²) >= 11 is 0. The van der Waals surface area contributed by atoms with Gasteiger partial charge in [0.15, 0.2) is 5.78 Å². The monoisotopic (exact) mass is 598 g/mol. The Kier molecular flexibility index (Phi) is 10.6.